The average Bonchev–Trinajstić information content (AvgIpc) is 3.25. The molecule has 3 N–H and O–H groups in total. The van der Waals surface area contributed by atoms with Crippen LogP contribution in [-0.2, 0) is 4.79 Å². The number of nitrogens with two attached hydrogens (primary N) is 1. The van der Waals surface area contributed by atoms with E-state index < -0.39 is 0 Å². The van der Waals surface area contributed by atoms with Crippen molar-refractivity contribution in [2.24, 2.45) is 16.6 Å². The molecule has 0 bridgehead atoms. The summed E-state index contributed by atoms with van der Waals surface area (Å²) in [7, 11) is 0. The summed E-state index contributed by atoms with van der Waals surface area (Å²) in [6.07, 6.45) is 4.14. The highest BCUT2D eigenvalue weighted by Crippen LogP contribution is 2.33. The summed E-state index contributed by atoms with van der Waals surface area (Å²) in [4.78, 5) is 19.3. The van der Waals surface area contributed by atoms with Crippen LogP contribution in [0.2, 0.25) is 5.02 Å². The van der Waals surface area contributed by atoms with Gasteiger partial charge in [0.1, 0.15) is 11.5 Å². The number of carbonyl (C=O) groups excluding carboxylic acids is 1. The van der Waals surface area contributed by atoms with Gasteiger partial charge in [-0.2, -0.15) is 0 Å². The topological polar surface area (TPSA) is 70.7 Å². The summed E-state index contributed by atoms with van der Waals surface area (Å²) < 4.78 is 14.7. The van der Waals surface area contributed by atoms with E-state index in [-0.39, 0.29) is 11.7 Å². The van der Waals surface area contributed by atoms with Gasteiger partial charge in [-0.25, -0.2) is 9.38 Å². The Morgan fingerprint density at radius 2 is 2.00 bits per heavy atom. The van der Waals surface area contributed by atoms with Crippen LogP contribution in [0.15, 0.2) is 53.5 Å². The van der Waals surface area contributed by atoms with Gasteiger partial charge >= 0.3 is 0 Å². The summed E-state index contributed by atoms with van der Waals surface area (Å²) in [5.74, 6) is -0.202. The molecule has 2 aliphatic rings. The molecule has 0 aliphatic carbocycles. The fourth-order valence-corrected chi connectivity index (χ4v) is 4.12. The molecule has 0 unspecified atom stereocenters. The zero-order chi connectivity index (χ0) is 21.1. The molecule has 1 fully saturated rings. The predicted octanol–water partition coefficient (Wildman–Crippen LogP) is 4.48. The molecule has 1 saturated heterocycles. The number of benzene rings is 2. The van der Waals surface area contributed by atoms with Crippen LogP contribution in [0.5, 0.6) is 0 Å². The minimum Gasteiger partial charge on any atom is -0.367 e. The van der Waals surface area contributed by atoms with Crippen LogP contribution in [-0.4, -0.2) is 31.3 Å². The number of piperidine rings is 1. The number of carbonyl (C=O) groups is 1. The minimum absolute atomic E-state index is 0.327. The zero-order valence-electron chi connectivity index (χ0n) is 16.6. The fourth-order valence-electron chi connectivity index (χ4n) is 3.93. The van der Waals surface area contributed by atoms with Crippen LogP contribution in [0.1, 0.15) is 24.8 Å². The third-order valence-corrected chi connectivity index (χ3v) is 5.86. The van der Waals surface area contributed by atoms with Crippen molar-refractivity contribution in [2.75, 3.05) is 29.9 Å². The number of nitrogens with zero attached hydrogens (tertiary/aromatic N) is 2. The van der Waals surface area contributed by atoms with Crippen LogP contribution in [0.3, 0.4) is 0 Å². The van der Waals surface area contributed by atoms with Crippen molar-refractivity contribution < 1.29 is 9.18 Å². The first-order valence-electron chi connectivity index (χ1n) is 10.1. The predicted molar refractivity (Wildman–Crippen MR) is 121 cm³/mol. The SMILES string of the molecule is NCC1CCN(c2c(F)cccc2NC(=O)C2=NC(c3cccc(Cl)c3)=CC2)CC1. The van der Waals surface area contributed by atoms with Crippen LogP contribution < -0.4 is 16.0 Å². The number of allylic oxidation sites excluding steroid dienone is 1. The summed E-state index contributed by atoms with van der Waals surface area (Å²) in [5, 5.41) is 3.48. The van der Waals surface area contributed by atoms with Gasteiger partial charge < -0.3 is 16.0 Å². The Morgan fingerprint density at radius 1 is 1.23 bits per heavy atom. The molecule has 0 saturated carbocycles. The van der Waals surface area contributed by atoms with Gasteiger partial charge in [0, 0.05) is 30.1 Å². The fraction of sp³-hybridized carbons (Fsp3) is 0.304. The molecule has 2 heterocycles. The van der Waals surface area contributed by atoms with E-state index >= 15 is 0 Å². The number of para-hydroxylation sites is 1. The molecule has 1 amide bonds. The third-order valence-electron chi connectivity index (χ3n) is 5.63. The second kappa shape index (κ2) is 8.98. The Hall–Kier alpha value is -2.70. The summed E-state index contributed by atoms with van der Waals surface area (Å²) >= 11 is 6.05. The van der Waals surface area contributed by atoms with Gasteiger partial charge in [-0.15, -0.1) is 0 Å². The quantitative estimate of drug-likeness (QED) is 0.740. The van der Waals surface area contributed by atoms with Crippen molar-refractivity contribution in [2.45, 2.75) is 19.3 Å². The van der Waals surface area contributed by atoms with Crippen molar-refractivity contribution >= 4 is 40.3 Å². The molecule has 2 aliphatic heterocycles. The summed E-state index contributed by atoms with van der Waals surface area (Å²) in [6, 6.07) is 12.1. The number of anilines is 2. The van der Waals surface area contributed by atoms with Crippen molar-refractivity contribution in [3.05, 3.63) is 64.9 Å². The van der Waals surface area contributed by atoms with E-state index in [1.54, 1.807) is 18.2 Å². The van der Waals surface area contributed by atoms with E-state index in [1.807, 2.05) is 29.2 Å². The Labute approximate surface area is 180 Å². The number of amides is 1. The Balaban J connectivity index is 1.50. The summed E-state index contributed by atoms with van der Waals surface area (Å²) in [5.41, 5.74) is 8.63. The minimum atomic E-state index is -0.342. The number of hydrogen-bond donors (Lipinski definition) is 2. The molecule has 0 aromatic heterocycles. The molecular weight excluding hydrogens is 403 g/mol. The monoisotopic (exact) mass is 426 g/mol. The Morgan fingerprint density at radius 3 is 2.73 bits per heavy atom. The number of aliphatic imine (C=N–C) groups is 1. The van der Waals surface area contributed by atoms with E-state index in [0.29, 0.717) is 59.8 Å². The molecule has 0 atom stereocenters. The standard InChI is InChI=1S/C23H24ClFN4O/c24-17-4-1-3-16(13-17)19-7-8-21(27-19)23(30)28-20-6-2-5-18(25)22(20)29-11-9-15(14-26)10-12-29/h1-7,13,15H,8-12,14,26H2,(H,28,30). The average molecular weight is 427 g/mol. The van der Waals surface area contributed by atoms with Gasteiger partial charge in [0.2, 0.25) is 0 Å². The number of nitrogens with one attached hydrogen (secondary N) is 1. The third kappa shape index (κ3) is 4.40. The normalized spacial score (nSPS) is 17.0. The highest BCUT2D eigenvalue weighted by molar-refractivity contribution is 6.45. The number of hydrogen-bond acceptors (Lipinski definition) is 4. The smallest absolute Gasteiger partial charge is 0.270 e. The van der Waals surface area contributed by atoms with E-state index in [4.69, 9.17) is 17.3 Å². The molecule has 5 nitrogen and oxygen atoms in total. The van der Waals surface area contributed by atoms with Crippen LogP contribution in [0.4, 0.5) is 15.8 Å². The first kappa shape index (κ1) is 20.6. The highest BCUT2D eigenvalue weighted by Gasteiger charge is 2.25. The van der Waals surface area contributed by atoms with Crippen molar-refractivity contribution in [1.29, 1.82) is 0 Å². The van der Waals surface area contributed by atoms with Gasteiger partial charge in [0.25, 0.3) is 5.91 Å². The number of rotatable bonds is 5. The molecule has 4 rings (SSSR count). The van der Waals surface area contributed by atoms with Gasteiger partial charge in [0.05, 0.1) is 17.1 Å². The van der Waals surface area contributed by atoms with Crippen LogP contribution in [0.25, 0.3) is 5.70 Å². The molecule has 2 aromatic rings. The van der Waals surface area contributed by atoms with E-state index in [2.05, 4.69) is 10.3 Å². The van der Waals surface area contributed by atoms with Crippen molar-refractivity contribution in [1.82, 2.24) is 0 Å². The lowest BCUT2D eigenvalue weighted by molar-refractivity contribution is -0.110. The first-order valence-corrected chi connectivity index (χ1v) is 10.5. The lowest BCUT2D eigenvalue weighted by atomic mass is 9.96. The molecule has 30 heavy (non-hydrogen) atoms. The Kier molecular flexibility index (Phi) is 6.16. The second-order valence-electron chi connectivity index (χ2n) is 7.62. The number of halogens is 2. The van der Waals surface area contributed by atoms with Gasteiger partial charge in [-0.1, -0.05) is 35.9 Å². The maximum Gasteiger partial charge on any atom is 0.270 e. The zero-order valence-corrected chi connectivity index (χ0v) is 17.3. The maximum atomic E-state index is 14.7. The second-order valence-corrected chi connectivity index (χ2v) is 8.06. The molecule has 156 valence electrons. The van der Waals surface area contributed by atoms with Crippen LogP contribution in [0, 0.1) is 11.7 Å². The maximum absolute atomic E-state index is 14.7. The molecular formula is C23H24ClFN4O. The van der Waals surface area contributed by atoms with Gasteiger partial charge in [-0.3, -0.25) is 4.79 Å². The van der Waals surface area contributed by atoms with E-state index in [9.17, 15) is 9.18 Å². The van der Waals surface area contributed by atoms with E-state index in [1.165, 1.54) is 6.07 Å². The molecule has 0 radical (unpaired) electrons. The molecule has 0 spiro atoms. The Bertz CT molecular complexity index is 1010. The van der Waals surface area contributed by atoms with Crippen molar-refractivity contribution in [3.63, 3.8) is 0 Å². The lowest BCUT2D eigenvalue weighted by Gasteiger charge is -2.34. The lowest BCUT2D eigenvalue weighted by Crippen LogP contribution is -2.37. The highest BCUT2D eigenvalue weighted by atomic mass is 35.5. The molecule has 2 aromatic carbocycles. The van der Waals surface area contributed by atoms with E-state index in [0.717, 1.165) is 18.4 Å². The van der Waals surface area contributed by atoms with Crippen molar-refractivity contribution in [3.8, 4) is 0 Å². The summed E-state index contributed by atoms with van der Waals surface area (Å²) in [6.45, 7) is 2.08. The van der Waals surface area contributed by atoms with Crippen LogP contribution >= 0.6 is 11.6 Å². The van der Waals surface area contributed by atoms with Gasteiger partial charge in [-0.05, 0) is 49.6 Å². The molecule has 7 heteroatoms. The first-order chi connectivity index (χ1) is 14.5. The largest absolute Gasteiger partial charge is 0.367 e. The van der Waals surface area contributed by atoms with Gasteiger partial charge in [0.15, 0.2) is 0 Å².